The lowest BCUT2D eigenvalue weighted by molar-refractivity contribution is -0.122. The molecule has 3 unspecified atom stereocenters. The maximum Gasteiger partial charge on any atom is 0.220 e. The third-order valence-corrected chi connectivity index (χ3v) is 7.32. The molecule has 2 aromatic rings. The van der Waals surface area contributed by atoms with E-state index in [2.05, 4.69) is 17.1 Å². The maximum atomic E-state index is 12.4. The van der Waals surface area contributed by atoms with E-state index in [1.807, 2.05) is 61.5 Å². The first-order chi connectivity index (χ1) is 17.4. The predicted molar refractivity (Wildman–Crippen MR) is 147 cm³/mol. The van der Waals surface area contributed by atoms with Crippen molar-refractivity contribution in [3.63, 3.8) is 0 Å². The Morgan fingerprint density at radius 1 is 1.14 bits per heavy atom. The quantitative estimate of drug-likeness (QED) is 0.167. The summed E-state index contributed by atoms with van der Waals surface area (Å²) in [5.74, 6) is 1.93. The molecule has 2 aromatic carbocycles. The summed E-state index contributed by atoms with van der Waals surface area (Å²) in [5.41, 5.74) is 1.08. The minimum atomic E-state index is -0.715. The van der Waals surface area contributed by atoms with Gasteiger partial charge in [0, 0.05) is 30.2 Å². The van der Waals surface area contributed by atoms with Gasteiger partial charge in [0.05, 0.1) is 19.3 Å². The van der Waals surface area contributed by atoms with E-state index >= 15 is 0 Å². The summed E-state index contributed by atoms with van der Waals surface area (Å²) in [6, 6.07) is 17.6. The van der Waals surface area contributed by atoms with Crippen LogP contribution in [0.25, 0.3) is 0 Å². The van der Waals surface area contributed by atoms with Gasteiger partial charge < -0.3 is 20.0 Å². The summed E-state index contributed by atoms with van der Waals surface area (Å²) in [6.45, 7) is 5.40. The van der Waals surface area contributed by atoms with Gasteiger partial charge in [0.2, 0.25) is 5.91 Å². The number of rotatable bonds is 18. The van der Waals surface area contributed by atoms with Crippen molar-refractivity contribution in [2.45, 2.75) is 69.4 Å². The number of ether oxygens (including phenoxy) is 1. The molecule has 0 aliphatic carbocycles. The monoisotopic (exact) mass is 514 g/mol. The number of benzene rings is 2. The van der Waals surface area contributed by atoms with Crippen LogP contribution in [0.1, 0.15) is 51.5 Å². The number of methoxy groups -OCH3 is 1. The van der Waals surface area contributed by atoms with Gasteiger partial charge in [-0.15, -0.1) is 11.8 Å². The van der Waals surface area contributed by atoms with Crippen LogP contribution in [-0.2, 0) is 16.0 Å². The molecule has 0 aromatic heterocycles. The highest BCUT2D eigenvalue weighted by molar-refractivity contribution is 7.99. The molecule has 0 spiro atoms. The van der Waals surface area contributed by atoms with E-state index in [4.69, 9.17) is 4.74 Å². The van der Waals surface area contributed by atoms with Crippen LogP contribution in [0.15, 0.2) is 59.5 Å². The highest BCUT2D eigenvalue weighted by Gasteiger charge is 2.24. The Bertz CT molecular complexity index is 879. The SMILES string of the molecule is CCCC(=O)NC(Cc1ccccc1)C(O)CN(CCC(C)CCC=O)CSc1ccc(OC)cc1. The Morgan fingerprint density at radius 3 is 2.50 bits per heavy atom. The number of hydrogen-bond donors (Lipinski definition) is 2. The minimum Gasteiger partial charge on any atom is -0.497 e. The van der Waals surface area contributed by atoms with Crippen LogP contribution in [0.2, 0.25) is 0 Å². The molecule has 0 saturated heterocycles. The molecule has 1 amide bonds. The number of aliphatic hydroxyl groups excluding tert-OH is 1. The van der Waals surface area contributed by atoms with Crippen molar-refractivity contribution in [3.05, 3.63) is 60.2 Å². The Hall–Kier alpha value is -2.35. The lowest BCUT2D eigenvalue weighted by atomic mass is 9.99. The number of hydrogen-bond acceptors (Lipinski definition) is 6. The fourth-order valence-electron chi connectivity index (χ4n) is 4.00. The van der Waals surface area contributed by atoms with Crippen molar-refractivity contribution in [3.8, 4) is 5.75 Å². The number of aldehydes is 1. The van der Waals surface area contributed by atoms with Crippen molar-refractivity contribution >= 4 is 24.0 Å². The van der Waals surface area contributed by atoms with Crippen molar-refractivity contribution in [2.24, 2.45) is 5.92 Å². The van der Waals surface area contributed by atoms with Gasteiger partial charge >= 0.3 is 0 Å². The van der Waals surface area contributed by atoms with Crippen molar-refractivity contribution < 1.29 is 19.4 Å². The normalized spacial score (nSPS) is 13.7. The number of nitrogens with one attached hydrogen (secondary N) is 1. The van der Waals surface area contributed by atoms with E-state index < -0.39 is 6.10 Å². The highest BCUT2D eigenvalue weighted by atomic mass is 32.2. The summed E-state index contributed by atoms with van der Waals surface area (Å²) >= 11 is 1.71. The second-order valence-corrected chi connectivity index (χ2v) is 10.4. The van der Waals surface area contributed by atoms with E-state index in [-0.39, 0.29) is 11.9 Å². The molecule has 198 valence electrons. The molecular weight excluding hydrogens is 472 g/mol. The summed E-state index contributed by atoms with van der Waals surface area (Å²) in [4.78, 5) is 26.6. The molecule has 36 heavy (non-hydrogen) atoms. The maximum absolute atomic E-state index is 12.4. The van der Waals surface area contributed by atoms with E-state index in [0.29, 0.717) is 37.6 Å². The first kappa shape index (κ1) is 29.9. The van der Waals surface area contributed by atoms with Crippen LogP contribution in [0.4, 0.5) is 0 Å². The van der Waals surface area contributed by atoms with Crippen molar-refractivity contribution in [2.75, 3.05) is 26.1 Å². The van der Waals surface area contributed by atoms with E-state index in [1.54, 1.807) is 18.9 Å². The van der Waals surface area contributed by atoms with Gasteiger partial charge in [-0.1, -0.05) is 44.2 Å². The standard InChI is InChI=1S/C29H42N2O4S/c1-4-9-29(34)30-27(20-24-11-6-5-7-12-24)28(33)21-31(18-17-23(2)10-8-19-32)22-36-26-15-13-25(35-3)14-16-26/h5-7,11-16,19,23,27-28,33H,4,8-10,17-18,20-22H2,1-3H3,(H,30,34). The van der Waals surface area contributed by atoms with Crippen LogP contribution in [0.3, 0.4) is 0 Å². The molecule has 6 nitrogen and oxygen atoms in total. The zero-order valence-electron chi connectivity index (χ0n) is 21.9. The van der Waals surface area contributed by atoms with Gasteiger partial charge in [0.1, 0.15) is 12.0 Å². The summed E-state index contributed by atoms with van der Waals surface area (Å²) in [7, 11) is 1.65. The molecule has 3 atom stereocenters. The van der Waals surface area contributed by atoms with Gasteiger partial charge in [0.25, 0.3) is 0 Å². The molecule has 0 bridgehead atoms. The Morgan fingerprint density at radius 2 is 1.86 bits per heavy atom. The lowest BCUT2D eigenvalue weighted by Crippen LogP contribution is -2.49. The van der Waals surface area contributed by atoms with E-state index in [1.165, 1.54) is 0 Å². The largest absolute Gasteiger partial charge is 0.497 e. The van der Waals surface area contributed by atoms with Gasteiger partial charge in [-0.2, -0.15) is 0 Å². The number of nitrogens with zero attached hydrogens (tertiary/aromatic N) is 1. The summed E-state index contributed by atoms with van der Waals surface area (Å²) < 4.78 is 5.26. The van der Waals surface area contributed by atoms with Crippen LogP contribution >= 0.6 is 11.8 Å². The first-order valence-electron chi connectivity index (χ1n) is 12.9. The van der Waals surface area contributed by atoms with Crippen LogP contribution < -0.4 is 10.1 Å². The summed E-state index contributed by atoms with van der Waals surface area (Å²) in [6.07, 6.45) is 4.44. The predicted octanol–water partition coefficient (Wildman–Crippen LogP) is 4.94. The van der Waals surface area contributed by atoms with Gasteiger partial charge in [-0.25, -0.2) is 0 Å². The van der Waals surface area contributed by atoms with E-state index in [0.717, 1.165) is 48.3 Å². The van der Waals surface area contributed by atoms with Gasteiger partial charge in [0.15, 0.2) is 0 Å². The van der Waals surface area contributed by atoms with E-state index in [9.17, 15) is 14.7 Å². The Kier molecular flexibility index (Phi) is 14.2. The number of carbonyl (C=O) groups is 2. The molecule has 0 aliphatic rings. The van der Waals surface area contributed by atoms with Crippen LogP contribution in [0, 0.1) is 5.92 Å². The molecule has 0 saturated carbocycles. The zero-order chi connectivity index (χ0) is 26.2. The van der Waals surface area contributed by atoms with Crippen LogP contribution in [0.5, 0.6) is 5.75 Å². The number of carbonyl (C=O) groups excluding carboxylic acids is 2. The third-order valence-electron chi connectivity index (χ3n) is 6.22. The summed E-state index contributed by atoms with van der Waals surface area (Å²) in [5, 5.41) is 14.4. The van der Waals surface area contributed by atoms with Gasteiger partial charge in [-0.05, 0) is 68.0 Å². The molecule has 0 fully saturated rings. The molecule has 2 rings (SSSR count). The second kappa shape index (κ2) is 17.2. The molecule has 7 heteroatoms. The Labute approximate surface area is 220 Å². The molecule has 0 heterocycles. The third kappa shape index (κ3) is 11.6. The average Bonchev–Trinajstić information content (AvgIpc) is 2.89. The number of thioether (sulfide) groups is 1. The lowest BCUT2D eigenvalue weighted by Gasteiger charge is -2.31. The molecule has 0 aliphatic heterocycles. The second-order valence-electron chi connectivity index (χ2n) is 9.34. The number of aliphatic hydroxyl groups is 1. The number of amides is 1. The molecule has 0 radical (unpaired) electrons. The minimum absolute atomic E-state index is 0.0286. The fourth-order valence-corrected chi connectivity index (χ4v) is 4.89. The Balaban J connectivity index is 2.09. The smallest absolute Gasteiger partial charge is 0.220 e. The zero-order valence-corrected chi connectivity index (χ0v) is 22.7. The van der Waals surface area contributed by atoms with Crippen molar-refractivity contribution in [1.82, 2.24) is 10.2 Å². The van der Waals surface area contributed by atoms with Gasteiger partial charge in [-0.3, -0.25) is 9.69 Å². The topological polar surface area (TPSA) is 78.9 Å². The highest BCUT2D eigenvalue weighted by Crippen LogP contribution is 2.23. The fraction of sp³-hybridized carbons (Fsp3) is 0.517. The molecular formula is C29H42N2O4S. The average molecular weight is 515 g/mol. The van der Waals surface area contributed by atoms with Crippen LogP contribution in [-0.4, -0.2) is 60.4 Å². The van der Waals surface area contributed by atoms with Crippen molar-refractivity contribution in [1.29, 1.82) is 0 Å². The molecule has 2 N–H and O–H groups in total. The first-order valence-corrected chi connectivity index (χ1v) is 13.9.